The predicted molar refractivity (Wildman–Crippen MR) is 123 cm³/mol. The zero-order valence-corrected chi connectivity index (χ0v) is 18.6. The number of aryl methyl sites for hydroxylation is 2. The van der Waals surface area contributed by atoms with E-state index in [0.717, 1.165) is 39.6 Å². The van der Waals surface area contributed by atoms with Crippen LogP contribution < -0.4 is 9.64 Å². The second-order valence-corrected chi connectivity index (χ2v) is 7.87. The van der Waals surface area contributed by atoms with Crippen molar-refractivity contribution in [3.63, 3.8) is 0 Å². The van der Waals surface area contributed by atoms with E-state index in [4.69, 9.17) is 26.4 Å². The van der Waals surface area contributed by atoms with Crippen molar-refractivity contribution in [2.45, 2.75) is 20.3 Å². The molecule has 2 aromatic heterocycles. The zero-order chi connectivity index (χ0) is 22.1. The molecule has 0 bridgehead atoms. The van der Waals surface area contributed by atoms with E-state index >= 15 is 0 Å². The van der Waals surface area contributed by atoms with Gasteiger partial charge in [-0.3, -0.25) is 4.79 Å². The lowest BCUT2D eigenvalue weighted by Crippen LogP contribution is -2.28. The van der Waals surface area contributed by atoms with Crippen molar-refractivity contribution in [3.05, 3.63) is 76.6 Å². The largest absolute Gasteiger partial charge is 0.497 e. The van der Waals surface area contributed by atoms with Gasteiger partial charge in [0.2, 0.25) is 5.91 Å². The van der Waals surface area contributed by atoms with Gasteiger partial charge in [0.1, 0.15) is 5.75 Å². The highest BCUT2D eigenvalue weighted by molar-refractivity contribution is 6.30. The third-order valence-electron chi connectivity index (χ3n) is 5.27. The summed E-state index contributed by atoms with van der Waals surface area (Å²) in [6.45, 7) is 3.93. The number of benzene rings is 2. The van der Waals surface area contributed by atoms with E-state index in [1.54, 1.807) is 35.7 Å². The number of ether oxygens (including phenoxy) is 1. The van der Waals surface area contributed by atoms with E-state index in [-0.39, 0.29) is 12.3 Å². The SMILES string of the molecule is COc1ccc(-c2nn3c(C)cc(C)nc3c2CC(=O)N(C)c2ccc(Cl)cc2)cc1. The molecule has 0 spiro atoms. The Morgan fingerprint density at radius 1 is 1.10 bits per heavy atom. The van der Waals surface area contributed by atoms with Gasteiger partial charge in [0, 0.05) is 40.3 Å². The van der Waals surface area contributed by atoms with Gasteiger partial charge in [-0.2, -0.15) is 5.10 Å². The van der Waals surface area contributed by atoms with Crippen molar-refractivity contribution in [2.75, 3.05) is 19.1 Å². The minimum Gasteiger partial charge on any atom is -0.497 e. The molecule has 0 saturated carbocycles. The summed E-state index contributed by atoms with van der Waals surface area (Å²) in [4.78, 5) is 19.5. The molecule has 6 nitrogen and oxygen atoms in total. The highest BCUT2D eigenvalue weighted by atomic mass is 35.5. The predicted octanol–water partition coefficient (Wildman–Crippen LogP) is 4.88. The van der Waals surface area contributed by atoms with Crippen molar-refractivity contribution < 1.29 is 9.53 Å². The lowest BCUT2D eigenvalue weighted by Gasteiger charge is -2.17. The number of aromatic nitrogens is 3. The van der Waals surface area contributed by atoms with Crippen molar-refractivity contribution in [1.82, 2.24) is 14.6 Å². The molecule has 158 valence electrons. The summed E-state index contributed by atoms with van der Waals surface area (Å²) in [7, 11) is 3.39. The van der Waals surface area contributed by atoms with Gasteiger partial charge in [0.15, 0.2) is 5.65 Å². The number of anilines is 1. The minimum absolute atomic E-state index is 0.0621. The zero-order valence-electron chi connectivity index (χ0n) is 17.9. The van der Waals surface area contributed by atoms with E-state index < -0.39 is 0 Å². The van der Waals surface area contributed by atoms with Crippen LogP contribution in [-0.2, 0) is 11.2 Å². The fourth-order valence-corrected chi connectivity index (χ4v) is 3.71. The first-order valence-electron chi connectivity index (χ1n) is 9.90. The number of halogens is 1. The number of nitrogens with zero attached hydrogens (tertiary/aromatic N) is 4. The van der Waals surface area contributed by atoms with Gasteiger partial charge in [-0.25, -0.2) is 9.50 Å². The van der Waals surface area contributed by atoms with Gasteiger partial charge >= 0.3 is 0 Å². The van der Waals surface area contributed by atoms with Crippen molar-refractivity contribution in [2.24, 2.45) is 0 Å². The highest BCUT2D eigenvalue weighted by Gasteiger charge is 2.22. The maximum atomic E-state index is 13.2. The number of methoxy groups -OCH3 is 1. The third-order valence-corrected chi connectivity index (χ3v) is 5.52. The second kappa shape index (κ2) is 8.40. The van der Waals surface area contributed by atoms with Crippen LogP contribution in [0.3, 0.4) is 0 Å². The number of fused-ring (bicyclic) bond motifs is 1. The summed E-state index contributed by atoms with van der Waals surface area (Å²) in [5.74, 6) is 0.700. The number of carbonyl (C=O) groups excluding carboxylic acids is 1. The molecule has 1 amide bonds. The number of amides is 1. The van der Waals surface area contributed by atoms with E-state index in [0.29, 0.717) is 10.7 Å². The Balaban J connectivity index is 1.78. The first-order valence-corrected chi connectivity index (χ1v) is 10.3. The molecule has 0 aliphatic carbocycles. The molecule has 0 aliphatic rings. The highest BCUT2D eigenvalue weighted by Crippen LogP contribution is 2.29. The van der Waals surface area contributed by atoms with E-state index in [1.807, 2.05) is 56.3 Å². The molecule has 31 heavy (non-hydrogen) atoms. The van der Waals surface area contributed by atoms with Gasteiger partial charge in [-0.1, -0.05) is 11.6 Å². The molecule has 0 unspecified atom stereocenters. The fraction of sp³-hybridized carbons (Fsp3) is 0.208. The number of hydrogen-bond acceptors (Lipinski definition) is 4. The van der Waals surface area contributed by atoms with Gasteiger partial charge in [-0.05, 0) is 68.4 Å². The second-order valence-electron chi connectivity index (χ2n) is 7.44. The van der Waals surface area contributed by atoms with Gasteiger partial charge < -0.3 is 9.64 Å². The minimum atomic E-state index is -0.0621. The van der Waals surface area contributed by atoms with Crippen LogP contribution in [0.5, 0.6) is 5.75 Å². The molecule has 4 rings (SSSR count). The summed E-state index contributed by atoms with van der Waals surface area (Å²) in [5, 5.41) is 5.43. The Hall–Kier alpha value is -3.38. The van der Waals surface area contributed by atoms with Crippen LogP contribution in [0.2, 0.25) is 5.02 Å². The number of hydrogen-bond donors (Lipinski definition) is 0. The molecule has 2 aromatic carbocycles. The maximum Gasteiger partial charge on any atom is 0.231 e. The number of likely N-dealkylation sites (N-methyl/N-ethyl adjacent to an activating group) is 1. The molecular weight excluding hydrogens is 412 g/mol. The summed E-state index contributed by atoms with van der Waals surface area (Å²) >= 11 is 5.98. The van der Waals surface area contributed by atoms with Crippen LogP contribution >= 0.6 is 11.6 Å². The average molecular weight is 435 g/mol. The Morgan fingerprint density at radius 2 is 1.77 bits per heavy atom. The fourth-order valence-electron chi connectivity index (χ4n) is 3.59. The number of rotatable bonds is 5. The van der Waals surface area contributed by atoms with E-state index in [9.17, 15) is 4.79 Å². The summed E-state index contributed by atoms with van der Waals surface area (Å²) < 4.78 is 7.08. The van der Waals surface area contributed by atoms with Crippen molar-refractivity contribution in [3.8, 4) is 17.0 Å². The molecule has 7 heteroatoms. The molecule has 0 atom stereocenters. The number of carbonyl (C=O) groups is 1. The van der Waals surface area contributed by atoms with Crippen LogP contribution in [0.15, 0.2) is 54.6 Å². The van der Waals surface area contributed by atoms with Crippen molar-refractivity contribution >= 4 is 28.8 Å². The lowest BCUT2D eigenvalue weighted by molar-refractivity contribution is -0.117. The summed E-state index contributed by atoms with van der Waals surface area (Å²) in [6.07, 6.45) is 0.167. The maximum absolute atomic E-state index is 13.2. The molecular formula is C24H23ClN4O2. The first kappa shape index (κ1) is 20.9. The quantitative estimate of drug-likeness (QED) is 0.449. The molecule has 0 N–H and O–H groups in total. The normalized spacial score (nSPS) is 11.0. The van der Waals surface area contributed by atoms with E-state index in [1.165, 1.54) is 0 Å². The average Bonchev–Trinajstić information content (AvgIpc) is 3.12. The topological polar surface area (TPSA) is 59.7 Å². The Kier molecular flexibility index (Phi) is 5.65. The first-order chi connectivity index (χ1) is 14.9. The van der Waals surface area contributed by atoms with Crippen LogP contribution in [-0.4, -0.2) is 34.7 Å². The van der Waals surface area contributed by atoms with Crippen molar-refractivity contribution in [1.29, 1.82) is 0 Å². The van der Waals surface area contributed by atoms with Crippen LogP contribution in [0, 0.1) is 13.8 Å². The Labute approximate surface area is 186 Å². The monoisotopic (exact) mass is 434 g/mol. The van der Waals surface area contributed by atoms with Crippen LogP contribution in [0.1, 0.15) is 17.0 Å². The molecule has 0 radical (unpaired) electrons. The smallest absolute Gasteiger partial charge is 0.231 e. The standard InChI is InChI=1S/C24H23ClN4O2/c1-15-13-16(2)29-24(26-15)21(23(27-29)17-5-11-20(31-4)12-6-17)14-22(30)28(3)19-9-7-18(25)8-10-19/h5-13H,14H2,1-4H3. The van der Waals surface area contributed by atoms with Gasteiger partial charge in [-0.15, -0.1) is 0 Å². The summed E-state index contributed by atoms with van der Waals surface area (Å²) in [5.41, 5.74) is 5.75. The summed E-state index contributed by atoms with van der Waals surface area (Å²) in [6, 6.07) is 16.8. The molecule has 2 heterocycles. The molecule has 4 aromatic rings. The van der Waals surface area contributed by atoms with E-state index in [2.05, 4.69) is 0 Å². The van der Waals surface area contributed by atoms with Crippen LogP contribution in [0.25, 0.3) is 16.9 Å². The molecule has 0 saturated heterocycles. The molecule has 0 aliphatic heterocycles. The Morgan fingerprint density at radius 3 is 2.42 bits per heavy atom. The van der Waals surface area contributed by atoms with Crippen LogP contribution in [0.4, 0.5) is 5.69 Å². The van der Waals surface area contributed by atoms with Gasteiger partial charge in [0.05, 0.1) is 19.2 Å². The third kappa shape index (κ3) is 4.11. The Bertz CT molecular complexity index is 1250. The molecule has 0 fully saturated rings. The van der Waals surface area contributed by atoms with Gasteiger partial charge in [0.25, 0.3) is 0 Å². The lowest BCUT2D eigenvalue weighted by atomic mass is 10.0.